The number of hydrogen-bond donors (Lipinski definition) is 0. The molecule has 0 N–H and O–H groups in total. The molecule has 0 radical (unpaired) electrons. The van der Waals surface area contributed by atoms with Gasteiger partial charge in [-0.05, 0) is 83.4 Å². The fraction of sp³-hybridized carbons (Fsp3) is 0.600. The summed E-state index contributed by atoms with van der Waals surface area (Å²) in [6.07, 6.45) is 12.4. The van der Waals surface area contributed by atoms with Crippen LogP contribution in [0.3, 0.4) is 0 Å². The summed E-state index contributed by atoms with van der Waals surface area (Å²) in [5.41, 5.74) is 3.00. The van der Waals surface area contributed by atoms with E-state index in [1.807, 2.05) is 0 Å². The highest BCUT2D eigenvalue weighted by molar-refractivity contribution is 8.05. The molecule has 0 spiro atoms. The number of benzene rings is 1. The predicted octanol–water partition coefficient (Wildman–Crippen LogP) is 9.46. The number of thioether (sulfide) groups is 2. The third-order valence-corrected chi connectivity index (χ3v) is 18.8. The zero-order valence-electron chi connectivity index (χ0n) is 21.0. The highest BCUT2D eigenvalue weighted by Crippen LogP contribution is 2.68. The molecule has 2 aromatic rings. The van der Waals surface area contributed by atoms with E-state index in [1.165, 1.54) is 43.3 Å². The summed E-state index contributed by atoms with van der Waals surface area (Å²) in [6.45, 7) is 10.4. The Kier molecular flexibility index (Phi) is 5.31. The standard InChI is InChI=1S/C30H38OS2Si/c1-17-14-23-24-15-18(2)33-29(24)30(28(23)32-17)34(3,4)27-13-12-20-21(9-7-10-22(20)27)26-16-19-8-5-6-11-25(19)31-26/h5-6,8,11,14-16,20-24,27-30H,7,9-10,12-13H2,1-4H3. The average Bonchev–Trinajstić information content (AvgIpc) is 3.59. The Bertz CT molecular complexity index is 1110. The van der Waals surface area contributed by atoms with E-state index in [2.05, 4.69) is 92.9 Å². The van der Waals surface area contributed by atoms with Crippen molar-refractivity contribution in [3.05, 3.63) is 58.1 Å². The fourth-order valence-corrected chi connectivity index (χ4v) is 19.7. The number of allylic oxidation sites excluding steroid dienone is 4. The van der Waals surface area contributed by atoms with Crippen LogP contribution < -0.4 is 0 Å². The van der Waals surface area contributed by atoms with Crippen LogP contribution in [0.5, 0.6) is 0 Å². The third-order valence-electron chi connectivity index (χ3n) is 10.5. The van der Waals surface area contributed by atoms with Crippen molar-refractivity contribution in [2.75, 3.05) is 0 Å². The monoisotopic (exact) mass is 506 g/mol. The number of fused-ring (bicyclic) bond motifs is 5. The largest absolute Gasteiger partial charge is 0.461 e. The summed E-state index contributed by atoms with van der Waals surface area (Å²) in [5.74, 6) is 5.28. The van der Waals surface area contributed by atoms with Crippen molar-refractivity contribution >= 4 is 42.6 Å². The molecule has 3 saturated carbocycles. The van der Waals surface area contributed by atoms with Crippen LogP contribution in [-0.4, -0.2) is 18.6 Å². The first-order valence-electron chi connectivity index (χ1n) is 13.6. The Balaban J connectivity index is 1.19. The van der Waals surface area contributed by atoms with Crippen molar-refractivity contribution in [3.63, 3.8) is 0 Å². The summed E-state index contributed by atoms with van der Waals surface area (Å²) < 4.78 is 6.46. The molecule has 5 aliphatic rings. The molecule has 3 fully saturated rings. The maximum atomic E-state index is 6.46. The summed E-state index contributed by atoms with van der Waals surface area (Å²) >= 11 is 4.51. The minimum absolute atomic E-state index is 0.638. The molecule has 4 heteroatoms. The minimum Gasteiger partial charge on any atom is -0.461 e. The van der Waals surface area contributed by atoms with Gasteiger partial charge in [-0.2, -0.15) is 0 Å². The van der Waals surface area contributed by atoms with Crippen molar-refractivity contribution < 1.29 is 4.42 Å². The van der Waals surface area contributed by atoms with Crippen LogP contribution in [0.2, 0.25) is 24.2 Å². The van der Waals surface area contributed by atoms with Crippen molar-refractivity contribution in [1.82, 2.24) is 0 Å². The SMILES string of the molecule is CC1=CC2C3C=C(C)SC3C([Si](C)(C)C3CCC4C(c5cc6ccccc6o5)CCCC43)C2S1. The molecular weight excluding hydrogens is 469 g/mol. The molecule has 1 aromatic heterocycles. The summed E-state index contributed by atoms with van der Waals surface area (Å²) in [5, 5.41) is 2.99. The quantitative estimate of drug-likeness (QED) is 0.385. The van der Waals surface area contributed by atoms with Gasteiger partial charge >= 0.3 is 0 Å². The molecule has 8 atom stereocenters. The zero-order valence-corrected chi connectivity index (χ0v) is 23.6. The maximum Gasteiger partial charge on any atom is 0.134 e. The van der Waals surface area contributed by atoms with E-state index in [9.17, 15) is 0 Å². The molecule has 2 aliphatic heterocycles. The first-order chi connectivity index (χ1) is 16.4. The Hall–Kier alpha value is -0.843. The Labute approximate surface area is 214 Å². The van der Waals surface area contributed by atoms with Gasteiger partial charge in [0.2, 0.25) is 0 Å². The van der Waals surface area contributed by atoms with E-state index < -0.39 is 8.07 Å². The van der Waals surface area contributed by atoms with Gasteiger partial charge in [-0.15, -0.1) is 23.5 Å². The zero-order chi connectivity index (χ0) is 23.2. The molecule has 0 saturated heterocycles. The molecule has 7 rings (SSSR count). The Morgan fingerprint density at radius 3 is 2.26 bits per heavy atom. The van der Waals surface area contributed by atoms with Gasteiger partial charge in [0.05, 0.1) is 8.07 Å². The maximum absolute atomic E-state index is 6.46. The van der Waals surface area contributed by atoms with Crippen LogP contribution in [0.1, 0.15) is 57.6 Å². The minimum atomic E-state index is -1.48. The highest BCUT2D eigenvalue weighted by atomic mass is 32.2. The Morgan fingerprint density at radius 1 is 0.853 bits per heavy atom. The van der Waals surface area contributed by atoms with Gasteiger partial charge in [0.1, 0.15) is 11.3 Å². The molecule has 0 amide bonds. The molecule has 34 heavy (non-hydrogen) atoms. The van der Waals surface area contributed by atoms with Crippen molar-refractivity contribution in [2.24, 2.45) is 23.7 Å². The Morgan fingerprint density at radius 2 is 1.56 bits per heavy atom. The highest BCUT2D eigenvalue weighted by Gasteiger charge is 2.62. The summed E-state index contributed by atoms with van der Waals surface area (Å²) in [6, 6.07) is 11.0. The van der Waals surface area contributed by atoms with E-state index in [0.717, 1.165) is 50.8 Å². The third kappa shape index (κ3) is 3.27. The van der Waals surface area contributed by atoms with E-state index in [-0.39, 0.29) is 0 Å². The molecular formula is C30H38OS2Si. The molecule has 180 valence electrons. The normalized spacial score (nSPS) is 41.4. The van der Waals surface area contributed by atoms with Crippen LogP contribution in [-0.2, 0) is 0 Å². The molecule has 0 bridgehead atoms. The van der Waals surface area contributed by atoms with Crippen LogP contribution >= 0.6 is 23.5 Å². The number of para-hydroxylation sites is 1. The van der Waals surface area contributed by atoms with E-state index in [0.29, 0.717) is 5.92 Å². The average molecular weight is 507 g/mol. The van der Waals surface area contributed by atoms with Crippen molar-refractivity contribution in [1.29, 1.82) is 0 Å². The van der Waals surface area contributed by atoms with Gasteiger partial charge in [-0.25, -0.2) is 0 Å². The van der Waals surface area contributed by atoms with Crippen LogP contribution in [0, 0.1) is 23.7 Å². The number of rotatable bonds is 3. The summed E-state index contributed by atoms with van der Waals surface area (Å²) in [4.78, 5) is 3.19. The number of hydrogen-bond acceptors (Lipinski definition) is 3. The van der Waals surface area contributed by atoms with E-state index in [1.54, 1.807) is 9.81 Å². The lowest BCUT2D eigenvalue weighted by Crippen LogP contribution is -2.46. The lowest BCUT2D eigenvalue weighted by molar-refractivity contribution is 0.216. The van der Waals surface area contributed by atoms with Crippen molar-refractivity contribution in [3.8, 4) is 0 Å². The molecule has 1 aromatic carbocycles. The van der Waals surface area contributed by atoms with Gasteiger partial charge in [-0.1, -0.05) is 62.7 Å². The second kappa shape index (κ2) is 8.08. The van der Waals surface area contributed by atoms with Crippen molar-refractivity contribution in [2.45, 2.75) is 86.5 Å². The fourth-order valence-electron chi connectivity index (χ4n) is 9.23. The van der Waals surface area contributed by atoms with E-state index in [4.69, 9.17) is 4.42 Å². The predicted molar refractivity (Wildman–Crippen MR) is 151 cm³/mol. The first kappa shape index (κ1) is 22.4. The second-order valence-electron chi connectivity index (χ2n) is 12.5. The van der Waals surface area contributed by atoms with Gasteiger partial charge < -0.3 is 4.42 Å². The molecule has 1 nitrogen and oxygen atoms in total. The van der Waals surface area contributed by atoms with Crippen LogP contribution in [0.25, 0.3) is 11.0 Å². The lowest BCUT2D eigenvalue weighted by Gasteiger charge is -2.46. The van der Waals surface area contributed by atoms with Crippen LogP contribution in [0.4, 0.5) is 0 Å². The molecule has 3 heterocycles. The van der Waals surface area contributed by atoms with Gasteiger partial charge in [-0.3, -0.25) is 0 Å². The second-order valence-corrected chi connectivity index (χ2v) is 20.4. The first-order valence-corrected chi connectivity index (χ1v) is 18.5. The van der Waals surface area contributed by atoms with Gasteiger partial charge in [0.15, 0.2) is 0 Å². The molecule has 3 aliphatic carbocycles. The van der Waals surface area contributed by atoms with Gasteiger partial charge in [0, 0.05) is 21.8 Å². The molecule has 8 unspecified atom stereocenters. The van der Waals surface area contributed by atoms with Crippen LogP contribution in [0.15, 0.2) is 56.7 Å². The topological polar surface area (TPSA) is 13.1 Å². The summed E-state index contributed by atoms with van der Waals surface area (Å²) in [7, 11) is -1.48. The number of furan rings is 1. The van der Waals surface area contributed by atoms with E-state index >= 15 is 0 Å². The smallest absolute Gasteiger partial charge is 0.134 e. The van der Waals surface area contributed by atoms with Gasteiger partial charge in [0.25, 0.3) is 0 Å². The lowest BCUT2D eigenvalue weighted by atomic mass is 9.72.